The van der Waals surface area contributed by atoms with Crippen LogP contribution in [0.25, 0.3) is 11.4 Å². The van der Waals surface area contributed by atoms with Gasteiger partial charge in [-0.25, -0.2) is 5.10 Å². The fourth-order valence-corrected chi connectivity index (χ4v) is 2.45. The van der Waals surface area contributed by atoms with Crippen LogP contribution in [0.5, 0.6) is 0 Å². The minimum atomic E-state index is 0.441. The molecule has 116 valence electrons. The molecule has 0 saturated heterocycles. The van der Waals surface area contributed by atoms with Crippen molar-refractivity contribution in [2.75, 3.05) is 0 Å². The summed E-state index contributed by atoms with van der Waals surface area (Å²) in [5.41, 5.74) is 3.19. The molecule has 0 spiro atoms. The number of H-pyrrole nitrogens is 1. The van der Waals surface area contributed by atoms with E-state index < -0.39 is 0 Å². The zero-order valence-corrected chi connectivity index (χ0v) is 14.1. The van der Waals surface area contributed by atoms with Crippen molar-refractivity contribution in [3.05, 3.63) is 69.5 Å². The molecule has 1 aromatic heterocycles. The number of halogens is 1. The molecule has 23 heavy (non-hydrogen) atoms. The van der Waals surface area contributed by atoms with Gasteiger partial charge in [-0.2, -0.15) is 14.9 Å². The van der Waals surface area contributed by atoms with E-state index in [1.165, 1.54) is 5.56 Å². The van der Waals surface area contributed by atoms with Crippen LogP contribution in [0, 0.1) is 4.77 Å². The Morgan fingerprint density at radius 2 is 1.87 bits per heavy atom. The van der Waals surface area contributed by atoms with Crippen LogP contribution in [0.4, 0.5) is 0 Å². The summed E-state index contributed by atoms with van der Waals surface area (Å²) in [7, 11) is 0. The van der Waals surface area contributed by atoms with Crippen molar-refractivity contribution in [2.24, 2.45) is 5.10 Å². The first-order valence-corrected chi connectivity index (χ1v) is 8.02. The number of aromatic amines is 1. The Labute approximate surface area is 144 Å². The van der Waals surface area contributed by atoms with Gasteiger partial charge in [0.2, 0.25) is 4.77 Å². The van der Waals surface area contributed by atoms with Gasteiger partial charge >= 0.3 is 0 Å². The van der Waals surface area contributed by atoms with Crippen molar-refractivity contribution in [1.29, 1.82) is 0 Å². The molecule has 0 radical (unpaired) electrons. The molecule has 0 aliphatic rings. The van der Waals surface area contributed by atoms with Crippen LogP contribution in [0.15, 0.2) is 53.6 Å². The maximum atomic E-state index is 5.92. The number of aryl methyl sites for hydroxylation is 1. The van der Waals surface area contributed by atoms with Gasteiger partial charge in [0.1, 0.15) is 0 Å². The molecule has 3 aromatic rings. The molecule has 0 aliphatic heterocycles. The summed E-state index contributed by atoms with van der Waals surface area (Å²) < 4.78 is 2.04. The van der Waals surface area contributed by atoms with E-state index in [9.17, 15) is 0 Å². The number of aromatic nitrogens is 3. The second kappa shape index (κ2) is 6.89. The molecule has 6 heteroatoms. The SMILES string of the molecule is CCc1ccc(/C=N\n2c(-c3ccc(Cl)cc3)n[nH]c2=S)cc1. The van der Waals surface area contributed by atoms with Crippen molar-refractivity contribution >= 4 is 30.0 Å². The lowest BCUT2D eigenvalue weighted by molar-refractivity contribution is 0.871. The lowest BCUT2D eigenvalue weighted by atomic mass is 10.1. The van der Waals surface area contributed by atoms with E-state index in [4.69, 9.17) is 23.8 Å². The van der Waals surface area contributed by atoms with E-state index in [0.29, 0.717) is 15.6 Å². The minimum Gasteiger partial charge on any atom is -0.250 e. The Kier molecular flexibility index (Phi) is 4.69. The zero-order chi connectivity index (χ0) is 16.2. The maximum Gasteiger partial charge on any atom is 0.216 e. The lowest BCUT2D eigenvalue weighted by Crippen LogP contribution is -1.95. The highest BCUT2D eigenvalue weighted by Crippen LogP contribution is 2.19. The predicted octanol–water partition coefficient (Wildman–Crippen LogP) is 4.71. The molecule has 2 aromatic carbocycles. The summed E-state index contributed by atoms with van der Waals surface area (Å²) in [6.45, 7) is 2.13. The van der Waals surface area contributed by atoms with Crippen molar-refractivity contribution in [1.82, 2.24) is 14.9 Å². The average Bonchev–Trinajstić information content (AvgIpc) is 2.95. The van der Waals surface area contributed by atoms with Crippen molar-refractivity contribution < 1.29 is 0 Å². The summed E-state index contributed by atoms with van der Waals surface area (Å²) >= 11 is 11.2. The average molecular weight is 343 g/mol. The molecule has 1 N–H and O–H groups in total. The standard InChI is InChI=1S/C17H15ClN4S/c1-2-12-3-5-13(6-4-12)11-19-22-16(20-21-17(22)23)14-7-9-15(18)10-8-14/h3-11H,2H2,1H3,(H,21,23)/b19-11-. The smallest absolute Gasteiger partial charge is 0.216 e. The number of hydrogen-bond donors (Lipinski definition) is 1. The Hall–Kier alpha value is -2.24. The van der Waals surface area contributed by atoms with E-state index in [0.717, 1.165) is 17.5 Å². The summed E-state index contributed by atoms with van der Waals surface area (Å²) in [4.78, 5) is 0. The fourth-order valence-electron chi connectivity index (χ4n) is 2.15. The Balaban J connectivity index is 1.93. The molecule has 0 atom stereocenters. The Bertz CT molecular complexity index is 876. The maximum absolute atomic E-state index is 5.92. The zero-order valence-electron chi connectivity index (χ0n) is 12.5. The van der Waals surface area contributed by atoms with Gasteiger partial charge in [0.25, 0.3) is 0 Å². The topological polar surface area (TPSA) is 46.0 Å². The molecule has 0 unspecified atom stereocenters. The summed E-state index contributed by atoms with van der Waals surface area (Å²) in [6, 6.07) is 15.6. The first kappa shape index (κ1) is 15.6. The van der Waals surface area contributed by atoms with Crippen molar-refractivity contribution in [2.45, 2.75) is 13.3 Å². The van der Waals surface area contributed by atoms with Gasteiger partial charge in [-0.15, -0.1) is 0 Å². The van der Waals surface area contributed by atoms with Crippen LogP contribution in [-0.4, -0.2) is 21.1 Å². The summed E-state index contributed by atoms with van der Waals surface area (Å²) in [6.07, 6.45) is 2.79. The van der Waals surface area contributed by atoms with Crippen LogP contribution >= 0.6 is 23.8 Å². The second-order valence-electron chi connectivity index (χ2n) is 5.01. The van der Waals surface area contributed by atoms with Crippen molar-refractivity contribution in [3.8, 4) is 11.4 Å². The van der Waals surface area contributed by atoms with Gasteiger partial charge in [-0.05, 0) is 54.0 Å². The monoisotopic (exact) mass is 342 g/mol. The molecule has 0 amide bonds. The normalized spacial score (nSPS) is 11.2. The van der Waals surface area contributed by atoms with Crippen LogP contribution in [-0.2, 0) is 6.42 Å². The van der Waals surface area contributed by atoms with Gasteiger partial charge in [0.15, 0.2) is 5.82 Å². The van der Waals surface area contributed by atoms with Gasteiger partial charge in [0.05, 0.1) is 6.21 Å². The van der Waals surface area contributed by atoms with Gasteiger partial charge < -0.3 is 0 Å². The van der Waals surface area contributed by atoms with E-state index >= 15 is 0 Å². The highest BCUT2D eigenvalue weighted by molar-refractivity contribution is 7.71. The summed E-state index contributed by atoms with van der Waals surface area (Å²) in [5, 5.41) is 12.1. The largest absolute Gasteiger partial charge is 0.250 e. The molecule has 0 bridgehead atoms. The molecule has 1 heterocycles. The Morgan fingerprint density at radius 3 is 2.52 bits per heavy atom. The highest BCUT2D eigenvalue weighted by Gasteiger charge is 2.07. The van der Waals surface area contributed by atoms with Gasteiger partial charge in [0, 0.05) is 10.6 Å². The number of nitrogens with one attached hydrogen (secondary N) is 1. The quantitative estimate of drug-likeness (QED) is 0.551. The molecular weight excluding hydrogens is 328 g/mol. The molecular formula is C17H15ClN4S. The predicted molar refractivity (Wildman–Crippen MR) is 96.7 cm³/mol. The lowest BCUT2D eigenvalue weighted by Gasteiger charge is -2.01. The first-order valence-electron chi connectivity index (χ1n) is 7.24. The number of benzene rings is 2. The molecule has 0 saturated carbocycles. The molecule has 0 aliphatic carbocycles. The first-order chi connectivity index (χ1) is 11.2. The van der Waals surface area contributed by atoms with Crippen LogP contribution in [0.3, 0.4) is 0 Å². The number of nitrogens with zero attached hydrogens (tertiary/aromatic N) is 3. The minimum absolute atomic E-state index is 0.441. The molecule has 4 nitrogen and oxygen atoms in total. The number of hydrogen-bond acceptors (Lipinski definition) is 3. The highest BCUT2D eigenvalue weighted by atomic mass is 35.5. The summed E-state index contributed by atoms with van der Waals surface area (Å²) in [5.74, 6) is 0.646. The van der Waals surface area contributed by atoms with E-state index in [1.807, 2.05) is 36.4 Å². The van der Waals surface area contributed by atoms with E-state index in [-0.39, 0.29) is 0 Å². The number of rotatable bonds is 4. The second-order valence-corrected chi connectivity index (χ2v) is 5.83. The van der Waals surface area contributed by atoms with E-state index in [1.54, 1.807) is 10.9 Å². The Morgan fingerprint density at radius 1 is 1.17 bits per heavy atom. The fraction of sp³-hybridized carbons (Fsp3) is 0.118. The molecule has 0 fully saturated rings. The van der Waals surface area contributed by atoms with Crippen LogP contribution in [0.1, 0.15) is 18.1 Å². The van der Waals surface area contributed by atoms with Gasteiger partial charge in [-0.1, -0.05) is 42.8 Å². The van der Waals surface area contributed by atoms with Crippen LogP contribution in [0.2, 0.25) is 5.02 Å². The van der Waals surface area contributed by atoms with Crippen molar-refractivity contribution in [3.63, 3.8) is 0 Å². The third-order valence-corrected chi connectivity index (χ3v) is 3.98. The third-order valence-electron chi connectivity index (χ3n) is 3.46. The van der Waals surface area contributed by atoms with E-state index in [2.05, 4.69) is 34.4 Å². The van der Waals surface area contributed by atoms with Crippen LogP contribution < -0.4 is 0 Å². The third kappa shape index (κ3) is 3.57. The molecule has 3 rings (SSSR count). The van der Waals surface area contributed by atoms with Gasteiger partial charge in [-0.3, -0.25) is 0 Å².